The highest BCUT2D eigenvalue weighted by molar-refractivity contribution is 8.00. The van der Waals surface area contributed by atoms with Crippen molar-refractivity contribution in [3.05, 3.63) is 84.0 Å². The molecule has 0 heterocycles. The molecular weight excluding hydrogens is 500 g/mol. The van der Waals surface area contributed by atoms with Crippen LogP contribution < -0.4 is 4.74 Å². The largest absolute Gasteiger partial charge is 0.494 e. The molecule has 212 valence electrons. The molecule has 0 saturated heterocycles. The van der Waals surface area contributed by atoms with Crippen molar-refractivity contribution in [2.45, 2.75) is 102 Å². The standard InChI is InChI=1S/C35H48O3S/c1-3-5-7-9-11-16-28-37-33-22-20-32(21-23-33)34(36)38-35(39-29-17-12-10-8-6-4-2)26-24-31(25-27-35)30-18-14-13-15-19-30/h13-15,18-26H,3-12,16-17,27-29H2,1-2H3. The van der Waals surface area contributed by atoms with Crippen LogP contribution in [-0.4, -0.2) is 23.3 Å². The van der Waals surface area contributed by atoms with Gasteiger partial charge in [0.05, 0.1) is 12.2 Å². The van der Waals surface area contributed by atoms with Crippen molar-refractivity contribution in [2.24, 2.45) is 0 Å². The van der Waals surface area contributed by atoms with Gasteiger partial charge in [0, 0.05) is 6.42 Å². The van der Waals surface area contributed by atoms with Crippen LogP contribution in [0.5, 0.6) is 5.75 Å². The Labute approximate surface area is 241 Å². The summed E-state index contributed by atoms with van der Waals surface area (Å²) in [6.07, 6.45) is 22.0. The Balaban J connectivity index is 1.55. The number of carbonyl (C=O) groups excluding carboxylic acids is 1. The maximum absolute atomic E-state index is 13.2. The van der Waals surface area contributed by atoms with E-state index in [1.807, 2.05) is 30.3 Å². The summed E-state index contributed by atoms with van der Waals surface area (Å²) in [5.41, 5.74) is 2.92. The van der Waals surface area contributed by atoms with E-state index in [1.165, 1.54) is 75.3 Å². The second-order valence-electron chi connectivity index (χ2n) is 10.5. The Kier molecular flexibility index (Phi) is 14.3. The van der Waals surface area contributed by atoms with Gasteiger partial charge < -0.3 is 9.47 Å². The number of carbonyl (C=O) groups is 1. The molecule has 4 heteroatoms. The molecule has 3 nitrogen and oxygen atoms in total. The van der Waals surface area contributed by atoms with E-state index in [4.69, 9.17) is 9.47 Å². The second-order valence-corrected chi connectivity index (χ2v) is 11.9. The molecule has 39 heavy (non-hydrogen) atoms. The van der Waals surface area contributed by atoms with Gasteiger partial charge in [-0.15, -0.1) is 11.8 Å². The average molecular weight is 549 g/mol. The summed E-state index contributed by atoms with van der Waals surface area (Å²) < 4.78 is 12.1. The van der Waals surface area contributed by atoms with Crippen molar-refractivity contribution in [3.63, 3.8) is 0 Å². The van der Waals surface area contributed by atoms with E-state index < -0.39 is 4.93 Å². The van der Waals surface area contributed by atoms with E-state index in [0.717, 1.165) is 31.0 Å². The zero-order valence-electron chi connectivity index (χ0n) is 24.2. The summed E-state index contributed by atoms with van der Waals surface area (Å²) in [5.74, 6) is 1.50. The lowest BCUT2D eigenvalue weighted by atomic mass is 9.98. The fraction of sp³-hybridized carbons (Fsp3) is 0.514. The minimum atomic E-state index is -0.675. The number of hydrogen-bond donors (Lipinski definition) is 0. The van der Waals surface area contributed by atoms with E-state index in [1.54, 1.807) is 11.8 Å². The Bertz CT molecular complexity index is 1010. The van der Waals surface area contributed by atoms with E-state index in [0.29, 0.717) is 12.0 Å². The molecule has 2 aromatic rings. The third-order valence-corrected chi connectivity index (χ3v) is 8.56. The lowest BCUT2D eigenvalue weighted by molar-refractivity contribution is 0.0325. The predicted molar refractivity (Wildman–Crippen MR) is 167 cm³/mol. The number of unbranched alkanes of at least 4 members (excludes halogenated alkanes) is 10. The van der Waals surface area contributed by atoms with Gasteiger partial charge in [0.1, 0.15) is 5.75 Å². The first-order valence-corrected chi connectivity index (χ1v) is 16.2. The van der Waals surface area contributed by atoms with Crippen LogP contribution in [0.15, 0.2) is 72.8 Å². The van der Waals surface area contributed by atoms with Gasteiger partial charge in [-0.25, -0.2) is 4.79 Å². The quantitative estimate of drug-likeness (QED) is 0.0993. The molecule has 0 saturated carbocycles. The number of allylic oxidation sites excluding steroid dienone is 2. The zero-order valence-corrected chi connectivity index (χ0v) is 25.0. The molecule has 0 N–H and O–H groups in total. The highest BCUT2D eigenvalue weighted by atomic mass is 32.2. The Hall–Kier alpha value is -2.46. The van der Waals surface area contributed by atoms with Gasteiger partial charge >= 0.3 is 5.97 Å². The van der Waals surface area contributed by atoms with Crippen molar-refractivity contribution < 1.29 is 14.3 Å². The van der Waals surface area contributed by atoms with Gasteiger partial charge in [0.2, 0.25) is 0 Å². The van der Waals surface area contributed by atoms with Gasteiger partial charge in [-0.05, 0) is 60.1 Å². The molecule has 1 aliphatic carbocycles. The van der Waals surface area contributed by atoms with Crippen LogP contribution in [0.3, 0.4) is 0 Å². The Morgan fingerprint density at radius 2 is 1.44 bits per heavy atom. The maximum atomic E-state index is 13.2. The summed E-state index contributed by atoms with van der Waals surface area (Å²) in [5, 5.41) is 0. The van der Waals surface area contributed by atoms with Crippen molar-refractivity contribution in [1.29, 1.82) is 0 Å². The van der Waals surface area contributed by atoms with Crippen LogP contribution in [0.25, 0.3) is 5.57 Å². The zero-order chi connectivity index (χ0) is 27.6. The van der Waals surface area contributed by atoms with Crippen molar-refractivity contribution in [1.82, 2.24) is 0 Å². The maximum Gasteiger partial charge on any atom is 0.339 e. The summed E-state index contributed by atoms with van der Waals surface area (Å²) in [7, 11) is 0. The number of thioether (sulfide) groups is 1. The van der Waals surface area contributed by atoms with Crippen LogP contribution in [0.1, 0.15) is 113 Å². The third kappa shape index (κ3) is 11.3. The van der Waals surface area contributed by atoms with Crippen LogP contribution in [0.2, 0.25) is 0 Å². The lowest BCUT2D eigenvalue weighted by Gasteiger charge is -2.32. The van der Waals surface area contributed by atoms with Gasteiger partial charge in [-0.3, -0.25) is 0 Å². The number of benzene rings is 2. The van der Waals surface area contributed by atoms with Crippen LogP contribution in [0.4, 0.5) is 0 Å². The Morgan fingerprint density at radius 1 is 0.795 bits per heavy atom. The fourth-order valence-corrected chi connectivity index (χ4v) is 5.96. The third-order valence-electron chi connectivity index (χ3n) is 7.20. The molecule has 2 aromatic carbocycles. The summed E-state index contributed by atoms with van der Waals surface area (Å²) >= 11 is 1.75. The van der Waals surface area contributed by atoms with Crippen LogP contribution in [-0.2, 0) is 4.74 Å². The van der Waals surface area contributed by atoms with Crippen molar-refractivity contribution >= 4 is 23.3 Å². The predicted octanol–water partition coefficient (Wildman–Crippen LogP) is 10.4. The monoisotopic (exact) mass is 548 g/mol. The first-order valence-electron chi connectivity index (χ1n) is 15.2. The second kappa shape index (κ2) is 18.0. The van der Waals surface area contributed by atoms with Gasteiger partial charge in [0.25, 0.3) is 0 Å². The van der Waals surface area contributed by atoms with E-state index in [9.17, 15) is 4.79 Å². The van der Waals surface area contributed by atoms with E-state index in [2.05, 4.69) is 56.3 Å². The first-order chi connectivity index (χ1) is 19.2. The molecule has 0 aliphatic heterocycles. The molecule has 1 unspecified atom stereocenters. The molecule has 1 aliphatic rings. The molecule has 3 rings (SSSR count). The lowest BCUT2D eigenvalue weighted by Crippen LogP contribution is -2.31. The summed E-state index contributed by atoms with van der Waals surface area (Å²) in [6.45, 7) is 5.20. The van der Waals surface area contributed by atoms with Gasteiger partial charge in [-0.2, -0.15) is 0 Å². The van der Waals surface area contributed by atoms with Crippen molar-refractivity contribution in [3.8, 4) is 5.75 Å². The number of rotatable bonds is 19. The molecule has 0 aromatic heterocycles. The minimum absolute atomic E-state index is 0.283. The summed E-state index contributed by atoms with van der Waals surface area (Å²) in [4.78, 5) is 12.6. The van der Waals surface area contributed by atoms with Crippen molar-refractivity contribution in [2.75, 3.05) is 12.4 Å². The highest BCUT2D eigenvalue weighted by Crippen LogP contribution is 2.39. The van der Waals surface area contributed by atoms with Crippen LogP contribution >= 0.6 is 11.8 Å². The smallest absolute Gasteiger partial charge is 0.339 e. The average Bonchev–Trinajstić information content (AvgIpc) is 2.97. The van der Waals surface area contributed by atoms with Gasteiger partial charge in [-0.1, -0.05) is 121 Å². The molecule has 0 bridgehead atoms. The molecule has 1 atom stereocenters. The SMILES string of the molecule is CCCCCCCCOc1ccc(C(=O)OC2(SCCCCCCCC)C=CC(c3ccccc3)=CC2)cc1. The molecule has 0 fully saturated rings. The van der Waals surface area contributed by atoms with E-state index in [-0.39, 0.29) is 5.97 Å². The molecular formula is C35H48O3S. The number of ether oxygens (including phenoxy) is 2. The molecule has 0 spiro atoms. The van der Waals surface area contributed by atoms with Crippen LogP contribution in [0, 0.1) is 0 Å². The van der Waals surface area contributed by atoms with Gasteiger partial charge in [0.15, 0.2) is 4.93 Å². The highest BCUT2D eigenvalue weighted by Gasteiger charge is 2.33. The minimum Gasteiger partial charge on any atom is -0.494 e. The fourth-order valence-electron chi connectivity index (χ4n) is 4.76. The first kappa shape index (κ1) is 31.1. The number of esters is 1. The number of hydrogen-bond acceptors (Lipinski definition) is 4. The normalized spacial score (nSPS) is 16.6. The van der Waals surface area contributed by atoms with E-state index >= 15 is 0 Å². The topological polar surface area (TPSA) is 35.5 Å². The Morgan fingerprint density at radius 3 is 2.08 bits per heavy atom. The molecule has 0 radical (unpaired) electrons. The summed E-state index contributed by atoms with van der Waals surface area (Å²) in [6, 6.07) is 17.8. The molecule has 0 amide bonds.